The molecule has 0 bridgehead atoms. The lowest BCUT2D eigenvalue weighted by atomic mass is 10.1. The Morgan fingerprint density at radius 3 is 2.50 bits per heavy atom. The first-order valence-corrected chi connectivity index (χ1v) is 7.36. The van der Waals surface area contributed by atoms with E-state index in [2.05, 4.69) is 5.32 Å². The molecule has 3 N–H and O–H groups in total. The molecule has 5 heteroatoms. The molecule has 1 aromatic heterocycles. The number of benzene rings is 1. The van der Waals surface area contributed by atoms with E-state index < -0.39 is 5.91 Å². The Morgan fingerprint density at radius 1 is 1.25 bits per heavy atom. The summed E-state index contributed by atoms with van der Waals surface area (Å²) in [5.74, 6) is -0.902. The second kappa shape index (κ2) is 6.43. The van der Waals surface area contributed by atoms with Crippen molar-refractivity contribution in [2.75, 3.05) is 0 Å². The van der Waals surface area contributed by atoms with E-state index in [-0.39, 0.29) is 23.1 Å². The minimum Gasteiger partial charge on any atom is -0.507 e. The van der Waals surface area contributed by atoms with E-state index in [9.17, 15) is 15.0 Å². The van der Waals surface area contributed by atoms with Gasteiger partial charge in [-0.05, 0) is 30.0 Å². The third-order valence-electron chi connectivity index (χ3n) is 3.02. The second-order valence-corrected chi connectivity index (χ2v) is 5.48. The first-order valence-electron chi connectivity index (χ1n) is 6.48. The molecular weight excluding hydrogens is 274 g/mol. The number of phenols is 2. The van der Waals surface area contributed by atoms with Crippen LogP contribution in [0.25, 0.3) is 0 Å². The van der Waals surface area contributed by atoms with Crippen molar-refractivity contribution in [2.24, 2.45) is 0 Å². The monoisotopic (exact) mass is 291 g/mol. The molecule has 1 unspecified atom stereocenters. The molecule has 0 aliphatic carbocycles. The lowest BCUT2D eigenvalue weighted by Crippen LogP contribution is -2.28. The topological polar surface area (TPSA) is 69.6 Å². The van der Waals surface area contributed by atoms with Crippen LogP contribution in [0.2, 0.25) is 0 Å². The molecule has 1 heterocycles. The van der Waals surface area contributed by atoms with Gasteiger partial charge in [-0.15, -0.1) is 11.3 Å². The van der Waals surface area contributed by atoms with Crippen LogP contribution in [-0.4, -0.2) is 16.1 Å². The van der Waals surface area contributed by atoms with Crippen molar-refractivity contribution < 1.29 is 15.0 Å². The number of carbonyl (C=O) groups is 1. The van der Waals surface area contributed by atoms with Gasteiger partial charge in [-0.3, -0.25) is 4.79 Å². The van der Waals surface area contributed by atoms with E-state index in [0.717, 1.165) is 17.7 Å². The average molecular weight is 291 g/mol. The van der Waals surface area contributed by atoms with Crippen LogP contribution in [0.3, 0.4) is 0 Å². The van der Waals surface area contributed by atoms with Crippen molar-refractivity contribution in [2.45, 2.75) is 25.8 Å². The highest BCUT2D eigenvalue weighted by Crippen LogP contribution is 2.28. The van der Waals surface area contributed by atoms with Gasteiger partial charge in [0.25, 0.3) is 5.91 Å². The average Bonchev–Trinajstić information content (AvgIpc) is 2.91. The lowest BCUT2D eigenvalue weighted by Gasteiger charge is -2.17. The third kappa shape index (κ3) is 3.11. The largest absolute Gasteiger partial charge is 0.507 e. The van der Waals surface area contributed by atoms with Crippen LogP contribution < -0.4 is 5.32 Å². The Bertz CT molecular complexity index is 561. The van der Waals surface area contributed by atoms with E-state index in [1.54, 1.807) is 11.3 Å². The van der Waals surface area contributed by atoms with E-state index in [1.165, 1.54) is 18.2 Å². The van der Waals surface area contributed by atoms with Crippen LogP contribution in [0.4, 0.5) is 0 Å². The summed E-state index contributed by atoms with van der Waals surface area (Å²) in [6.07, 6.45) is 1.73. The maximum Gasteiger partial charge on any atom is 0.259 e. The molecule has 0 fully saturated rings. The summed E-state index contributed by atoms with van der Waals surface area (Å²) in [4.78, 5) is 13.3. The van der Waals surface area contributed by atoms with Gasteiger partial charge in [0, 0.05) is 4.88 Å². The SMILES string of the molecule is CCCC(NC(=O)c1c(O)cccc1O)c1cccs1. The molecule has 1 amide bonds. The maximum atomic E-state index is 12.2. The Morgan fingerprint density at radius 2 is 1.95 bits per heavy atom. The van der Waals surface area contributed by atoms with Crippen molar-refractivity contribution in [3.8, 4) is 11.5 Å². The van der Waals surface area contributed by atoms with Crippen molar-refractivity contribution in [3.63, 3.8) is 0 Å². The van der Waals surface area contributed by atoms with E-state index >= 15 is 0 Å². The van der Waals surface area contributed by atoms with Gasteiger partial charge < -0.3 is 15.5 Å². The van der Waals surface area contributed by atoms with Crippen LogP contribution in [0.5, 0.6) is 11.5 Å². The number of amides is 1. The Balaban J connectivity index is 2.21. The van der Waals surface area contributed by atoms with Crippen molar-refractivity contribution >= 4 is 17.2 Å². The molecule has 2 rings (SSSR count). The number of aromatic hydroxyl groups is 2. The third-order valence-corrected chi connectivity index (χ3v) is 4.00. The molecular formula is C15H17NO3S. The van der Waals surface area contributed by atoms with E-state index in [1.807, 2.05) is 24.4 Å². The van der Waals surface area contributed by atoms with Crippen LogP contribution in [-0.2, 0) is 0 Å². The Labute approximate surface area is 121 Å². The quantitative estimate of drug-likeness (QED) is 0.790. The van der Waals surface area contributed by atoms with Gasteiger partial charge in [0.15, 0.2) is 0 Å². The van der Waals surface area contributed by atoms with Crippen molar-refractivity contribution in [1.29, 1.82) is 0 Å². The van der Waals surface area contributed by atoms with Crippen molar-refractivity contribution in [1.82, 2.24) is 5.32 Å². The Kier molecular flexibility index (Phi) is 4.63. The minimum absolute atomic E-state index is 0.0786. The smallest absolute Gasteiger partial charge is 0.259 e. The maximum absolute atomic E-state index is 12.2. The fourth-order valence-electron chi connectivity index (χ4n) is 2.06. The summed E-state index contributed by atoms with van der Waals surface area (Å²) in [5.41, 5.74) is -0.0786. The number of rotatable bonds is 5. The first kappa shape index (κ1) is 14.4. The minimum atomic E-state index is -0.465. The summed E-state index contributed by atoms with van der Waals surface area (Å²) < 4.78 is 0. The highest BCUT2D eigenvalue weighted by molar-refractivity contribution is 7.10. The van der Waals surface area contributed by atoms with Gasteiger partial charge in [0.1, 0.15) is 17.1 Å². The van der Waals surface area contributed by atoms with Gasteiger partial charge in [-0.1, -0.05) is 25.5 Å². The zero-order valence-corrected chi connectivity index (χ0v) is 12.0. The summed E-state index contributed by atoms with van der Waals surface area (Å²) in [5, 5.41) is 24.3. The summed E-state index contributed by atoms with van der Waals surface area (Å²) in [6.45, 7) is 2.05. The molecule has 0 aliphatic heterocycles. The number of nitrogens with one attached hydrogen (secondary N) is 1. The summed E-state index contributed by atoms with van der Waals surface area (Å²) >= 11 is 1.58. The fraction of sp³-hybridized carbons (Fsp3) is 0.267. The van der Waals surface area contributed by atoms with Gasteiger partial charge in [0.2, 0.25) is 0 Å². The highest BCUT2D eigenvalue weighted by Gasteiger charge is 2.20. The molecule has 2 aromatic rings. The summed E-state index contributed by atoms with van der Waals surface area (Å²) in [7, 11) is 0. The van der Waals surface area contributed by atoms with Gasteiger partial charge >= 0.3 is 0 Å². The molecule has 1 atom stereocenters. The Hall–Kier alpha value is -2.01. The predicted molar refractivity (Wildman–Crippen MR) is 79.2 cm³/mol. The predicted octanol–water partition coefficient (Wildman–Crippen LogP) is 3.43. The molecule has 106 valence electrons. The zero-order chi connectivity index (χ0) is 14.5. The van der Waals surface area contributed by atoms with Gasteiger partial charge in [-0.2, -0.15) is 0 Å². The van der Waals surface area contributed by atoms with Crippen LogP contribution in [0.1, 0.15) is 41.0 Å². The fourth-order valence-corrected chi connectivity index (χ4v) is 2.87. The molecule has 20 heavy (non-hydrogen) atoms. The first-order chi connectivity index (χ1) is 9.63. The molecule has 1 aromatic carbocycles. The highest BCUT2D eigenvalue weighted by atomic mass is 32.1. The molecule has 0 spiro atoms. The van der Waals surface area contributed by atoms with Gasteiger partial charge in [0.05, 0.1) is 6.04 Å². The number of hydrogen-bond acceptors (Lipinski definition) is 4. The molecule has 0 saturated heterocycles. The zero-order valence-electron chi connectivity index (χ0n) is 11.2. The molecule has 4 nitrogen and oxygen atoms in total. The van der Waals surface area contributed by atoms with Crippen molar-refractivity contribution in [3.05, 3.63) is 46.2 Å². The molecule has 0 aliphatic rings. The number of thiophene rings is 1. The number of carbonyl (C=O) groups excluding carboxylic acids is 1. The van der Waals surface area contributed by atoms with Gasteiger partial charge in [-0.25, -0.2) is 0 Å². The van der Waals surface area contributed by atoms with E-state index in [4.69, 9.17) is 0 Å². The summed E-state index contributed by atoms with van der Waals surface area (Å²) in [6, 6.07) is 8.06. The lowest BCUT2D eigenvalue weighted by molar-refractivity contribution is 0.0929. The molecule has 0 saturated carbocycles. The number of hydrogen-bond donors (Lipinski definition) is 3. The van der Waals surface area contributed by atoms with Crippen LogP contribution in [0.15, 0.2) is 35.7 Å². The van der Waals surface area contributed by atoms with E-state index in [0.29, 0.717) is 0 Å². The second-order valence-electron chi connectivity index (χ2n) is 4.50. The van der Waals surface area contributed by atoms with Crippen LogP contribution in [0, 0.1) is 0 Å². The van der Waals surface area contributed by atoms with Crippen LogP contribution >= 0.6 is 11.3 Å². The normalized spacial score (nSPS) is 12.1. The number of phenolic OH excluding ortho intramolecular Hbond substituents is 2. The standard InChI is InChI=1S/C15H17NO3S/c1-2-5-10(13-8-4-9-20-13)16-15(19)14-11(17)6-3-7-12(14)18/h3-4,6-10,17-18H,2,5H2,1H3,(H,16,19). The molecule has 0 radical (unpaired) electrons.